The Morgan fingerprint density at radius 2 is 1.87 bits per heavy atom. The number of aromatic nitrogens is 4. The van der Waals surface area contributed by atoms with Crippen LogP contribution in [0.5, 0.6) is 0 Å². The number of anilines is 1. The number of nitrogens with one attached hydrogen (secondary N) is 1. The Labute approximate surface area is 222 Å². The van der Waals surface area contributed by atoms with Crippen molar-refractivity contribution in [3.8, 4) is 0 Å². The highest BCUT2D eigenvalue weighted by Crippen LogP contribution is 2.46. The highest BCUT2D eigenvalue weighted by Gasteiger charge is 2.41. The quantitative estimate of drug-likeness (QED) is 0.274. The molecular formula is C24H39N6O7P. The van der Waals surface area contributed by atoms with Crippen molar-refractivity contribution in [3.63, 3.8) is 0 Å². The number of nitrogens with zero attached hydrogens (tertiary/aromatic N) is 4. The first-order valence-corrected chi connectivity index (χ1v) is 14.6. The molecule has 2 heterocycles. The monoisotopic (exact) mass is 554 g/mol. The minimum atomic E-state index is -3.94. The van der Waals surface area contributed by atoms with Crippen LogP contribution < -0.4 is 10.8 Å². The fourth-order valence-corrected chi connectivity index (χ4v) is 6.25. The lowest BCUT2D eigenvalue weighted by Gasteiger charge is -2.32. The Bertz CT molecular complexity index is 1160. The average Bonchev–Trinajstić information content (AvgIpc) is 3.48. The van der Waals surface area contributed by atoms with Gasteiger partial charge in [0.15, 0.2) is 17.6 Å². The third-order valence-electron chi connectivity index (χ3n) is 5.96. The number of esters is 2. The van der Waals surface area contributed by atoms with Gasteiger partial charge >= 0.3 is 11.9 Å². The zero-order valence-electron chi connectivity index (χ0n) is 22.9. The molecule has 1 unspecified atom stereocenters. The van der Waals surface area contributed by atoms with Gasteiger partial charge in [-0.25, -0.2) is 24.8 Å². The fraction of sp³-hybridized carbons (Fsp3) is 0.708. The van der Waals surface area contributed by atoms with Crippen LogP contribution in [0.1, 0.15) is 67.2 Å². The number of fused-ring (bicyclic) bond motifs is 1. The number of ether oxygens (including phenoxy) is 3. The smallest absolute Gasteiger partial charge is 0.335 e. The Hall–Kier alpha value is -2.60. The van der Waals surface area contributed by atoms with Gasteiger partial charge in [-0.15, -0.1) is 0 Å². The Balaban J connectivity index is 1.72. The molecule has 0 bridgehead atoms. The number of nitrogen functional groups attached to an aromatic ring is 1. The van der Waals surface area contributed by atoms with Crippen molar-refractivity contribution in [2.75, 3.05) is 12.1 Å². The Morgan fingerprint density at radius 1 is 1.18 bits per heavy atom. The summed E-state index contributed by atoms with van der Waals surface area (Å²) in [7, 11) is -3.94. The summed E-state index contributed by atoms with van der Waals surface area (Å²) in [4.78, 5) is 37.7. The molecule has 0 amide bonds. The van der Waals surface area contributed by atoms with E-state index in [0.29, 0.717) is 17.7 Å². The normalized spacial score (nSPS) is 17.9. The van der Waals surface area contributed by atoms with Crippen LogP contribution in [0.4, 0.5) is 5.82 Å². The number of nitrogens with two attached hydrogens (primary N) is 1. The molecule has 0 aliphatic heterocycles. The molecule has 38 heavy (non-hydrogen) atoms. The third kappa shape index (κ3) is 7.95. The maximum atomic E-state index is 14.0. The average molecular weight is 555 g/mol. The van der Waals surface area contributed by atoms with Gasteiger partial charge in [0.2, 0.25) is 0 Å². The van der Waals surface area contributed by atoms with E-state index in [4.69, 9.17) is 24.5 Å². The SMILES string of the molecule is CC(C)OC(=O)[C@H](C)OP(=O)(CO[C@H](C)Cn1cnc2c(N)ncnc21)NC(C)(C)C(=O)OC1CCCC1. The Morgan fingerprint density at radius 3 is 2.53 bits per heavy atom. The van der Waals surface area contributed by atoms with Crippen molar-refractivity contribution in [3.05, 3.63) is 12.7 Å². The van der Waals surface area contributed by atoms with Crippen molar-refractivity contribution >= 4 is 36.4 Å². The van der Waals surface area contributed by atoms with E-state index in [-0.39, 0.29) is 18.0 Å². The predicted molar refractivity (Wildman–Crippen MR) is 140 cm³/mol. The lowest BCUT2D eigenvalue weighted by Crippen LogP contribution is -2.48. The summed E-state index contributed by atoms with van der Waals surface area (Å²) in [5, 5.41) is 2.80. The second-order valence-corrected chi connectivity index (χ2v) is 12.4. The molecule has 0 saturated heterocycles. The minimum absolute atomic E-state index is 0.164. The number of hydrogen-bond donors (Lipinski definition) is 2. The zero-order valence-corrected chi connectivity index (χ0v) is 23.8. The molecule has 1 aliphatic rings. The van der Waals surface area contributed by atoms with Gasteiger partial charge < -0.3 is 29.0 Å². The van der Waals surface area contributed by atoms with E-state index in [0.717, 1.165) is 25.7 Å². The van der Waals surface area contributed by atoms with Gasteiger partial charge in [0.1, 0.15) is 29.8 Å². The topological polar surface area (TPSA) is 170 Å². The van der Waals surface area contributed by atoms with Crippen LogP contribution in [0.15, 0.2) is 12.7 Å². The molecule has 13 nitrogen and oxygen atoms in total. The molecule has 2 aromatic rings. The highest BCUT2D eigenvalue weighted by molar-refractivity contribution is 7.56. The number of carbonyl (C=O) groups is 2. The summed E-state index contributed by atoms with van der Waals surface area (Å²) in [5.41, 5.74) is 5.48. The van der Waals surface area contributed by atoms with E-state index in [9.17, 15) is 14.2 Å². The summed E-state index contributed by atoms with van der Waals surface area (Å²) >= 11 is 0. The lowest BCUT2D eigenvalue weighted by molar-refractivity contribution is -0.155. The molecule has 1 fully saturated rings. The van der Waals surface area contributed by atoms with Gasteiger partial charge in [-0.05, 0) is 67.2 Å². The van der Waals surface area contributed by atoms with Crippen LogP contribution >= 0.6 is 7.52 Å². The standard InChI is InChI=1S/C24H39N6O7P/c1-15(2)35-22(31)17(4)37-38(33,29-24(5,6)23(32)36-18-9-7-8-10-18)14-34-16(3)11-30-13-28-19-20(25)26-12-27-21(19)30/h12-13,15-18H,7-11,14H2,1-6H3,(H,29,33)(H2,25,26,27)/t16-,17+,38?/m1/s1. The molecule has 3 N–H and O–H groups in total. The van der Waals surface area contributed by atoms with Crippen LogP contribution in [0, 0.1) is 0 Å². The molecule has 0 spiro atoms. The summed E-state index contributed by atoms with van der Waals surface area (Å²) in [6, 6.07) is 0. The molecule has 14 heteroatoms. The van der Waals surface area contributed by atoms with Crippen molar-refractivity contribution in [1.82, 2.24) is 24.6 Å². The molecule has 1 saturated carbocycles. The fourth-order valence-electron chi connectivity index (χ4n) is 4.08. The van der Waals surface area contributed by atoms with Crippen molar-refractivity contribution < 1.29 is 32.9 Å². The van der Waals surface area contributed by atoms with Gasteiger partial charge in [0.25, 0.3) is 7.52 Å². The van der Waals surface area contributed by atoms with Crippen molar-refractivity contribution in [2.24, 2.45) is 0 Å². The number of rotatable bonds is 13. The summed E-state index contributed by atoms with van der Waals surface area (Å²) in [6.45, 7) is 10.0. The molecule has 3 atom stereocenters. The van der Waals surface area contributed by atoms with Crippen LogP contribution in [-0.4, -0.2) is 67.8 Å². The lowest BCUT2D eigenvalue weighted by atomic mass is 10.1. The predicted octanol–water partition coefficient (Wildman–Crippen LogP) is 3.17. The van der Waals surface area contributed by atoms with Gasteiger partial charge in [-0.3, -0.25) is 9.36 Å². The van der Waals surface area contributed by atoms with E-state index in [1.807, 2.05) is 0 Å². The second-order valence-electron chi connectivity index (χ2n) is 10.4. The first-order chi connectivity index (χ1) is 17.8. The maximum Gasteiger partial charge on any atom is 0.335 e. The number of hydrogen-bond acceptors (Lipinski definition) is 11. The molecule has 1 aliphatic carbocycles. The molecule has 0 aromatic carbocycles. The highest BCUT2D eigenvalue weighted by atomic mass is 31.2. The first-order valence-electron chi connectivity index (χ1n) is 12.8. The van der Waals surface area contributed by atoms with E-state index in [1.54, 1.807) is 45.5 Å². The molecule has 2 aromatic heterocycles. The largest absolute Gasteiger partial charge is 0.461 e. The summed E-state index contributed by atoms with van der Waals surface area (Å²) in [6.07, 6.45) is 3.90. The van der Waals surface area contributed by atoms with Crippen LogP contribution in [-0.2, 0) is 39.4 Å². The van der Waals surface area contributed by atoms with Gasteiger partial charge in [0.05, 0.1) is 25.1 Å². The summed E-state index contributed by atoms with van der Waals surface area (Å²) < 4.78 is 38.2. The first kappa shape index (κ1) is 29.9. The molecule has 212 valence electrons. The second kappa shape index (κ2) is 12.5. The number of carbonyl (C=O) groups excluding carboxylic acids is 2. The molecule has 3 rings (SSSR count). The van der Waals surface area contributed by atoms with Crippen LogP contribution in [0.25, 0.3) is 11.2 Å². The van der Waals surface area contributed by atoms with Gasteiger partial charge in [-0.1, -0.05) is 0 Å². The number of imidazole rings is 1. The van der Waals surface area contributed by atoms with Crippen molar-refractivity contribution in [1.29, 1.82) is 0 Å². The molecular weight excluding hydrogens is 515 g/mol. The van der Waals surface area contributed by atoms with E-state index < -0.39 is 43.6 Å². The van der Waals surface area contributed by atoms with Crippen LogP contribution in [0.3, 0.4) is 0 Å². The Kier molecular flexibility index (Phi) is 9.85. The van der Waals surface area contributed by atoms with Crippen molar-refractivity contribution in [2.45, 2.75) is 104 Å². The zero-order chi connectivity index (χ0) is 28.1. The summed E-state index contributed by atoms with van der Waals surface area (Å²) in [5.74, 6) is -0.970. The molecule has 0 radical (unpaired) electrons. The van der Waals surface area contributed by atoms with Gasteiger partial charge in [0, 0.05) is 0 Å². The minimum Gasteiger partial charge on any atom is -0.461 e. The maximum absolute atomic E-state index is 14.0. The van der Waals surface area contributed by atoms with E-state index >= 15 is 0 Å². The van der Waals surface area contributed by atoms with E-state index in [2.05, 4.69) is 20.0 Å². The third-order valence-corrected chi connectivity index (χ3v) is 8.01. The van der Waals surface area contributed by atoms with E-state index in [1.165, 1.54) is 13.3 Å². The van der Waals surface area contributed by atoms with Crippen LogP contribution in [0.2, 0.25) is 0 Å². The van der Waals surface area contributed by atoms with Gasteiger partial charge in [-0.2, -0.15) is 0 Å².